The van der Waals surface area contributed by atoms with Crippen molar-refractivity contribution in [2.45, 2.75) is 25.4 Å². The van der Waals surface area contributed by atoms with Gasteiger partial charge in [-0.15, -0.1) is 0 Å². The van der Waals surface area contributed by atoms with E-state index >= 15 is 0 Å². The molecular formula is C19H25F3N4O4. The highest BCUT2D eigenvalue weighted by molar-refractivity contribution is 5.93. The molecule has 3 fully saturated rings. The van der Waals surface area contributed by atoms with E-state index in [-0.39, 0.29) is 11.3 Å². The fraction of sp³-hybridized carbons (Fsp3) is 0.684. The Labute approximate surface area is 171 Å². The Balaban J connectivity index is 0.000000318. The highest BCUT2D eigenvalue weighted by Crippen LogP contribution is 2.42. The van der Waals surface area contributed by atoms with E-state index in [1.54, 1.807) is 12.3 Å². The molecule has 0 unspecified atom stereocenters. The van der Waals surface area contributed by atoms with Gasteiger partial charge in [0.05, 0.1) is 31.2 Å². The van der Waals surface area contributed by atoms with Crippen molar-refractivity contribution in [2.75, 3.05) is 39.4 Å². The van der Waals surface area contributed by atoms with Gasteiger partial charge in [0.25, 0.3) is 5.91 Å². The minimum absolute atomic E-state index is 0.0719. The van der Waals surface area contributed by atoms with Gasteiger partial charge in [-0.3, -0.25) is 4.79 Å². The molecule has 1 saturated carbocycles. The SMILES string of the molecule is O=C(NC[C@]12COC[C@H]1CN(CC1CCC1)C2)c1ccnnc1.O=C(O)C(F)(F)F. The summed E-state index contributed by atoms with van der Waals surface area (Å²) in [6.45, 7) is 5.65. The molecule has 3 aliphatic rings. The number of fused-ring (bicyclic) bond motifs is 1. The monoisotopic (exact) mass is 430 g/mol. The molecule has 8 nitrogen and oxygen atoms in total. The maximum Gasteiger partial charge on any atom is 0.490 e. The Morgan fingerprint density at radius 1 is 1.33 bits per heavy atom. The molecule has 2 aliphatic heterocycles. The predicted molar refractivity (Wildman–Crippen MR) is 98.6 cm³/mol. The summed E-state index contributed by atoms with van der Waals surface area (Å²) in [4.78, 5) is 23.8. The highest BCUT2D eigenvalue weighted by Gasteiger charge is 2.50. The summed E-state index contributed by atoms with van der Waals surface area (Å²) in [5, 5.41) is 17.7. The molecule has 3 heterocycles. The third kappa shape index (κ3) is 5.45. The van der Waals surface area contributed by atoms with E-state index in [2.05, 4.69) is 20.4 Å². The molecule has 0 bridgehead atoms. The molecule has 166 valence electrons. The number of ether oxygens (including phenoxy) is 1. The summed E-state index contributed by atoms with van der Waals surface area (Å²) in [5.74, 6) is -1.40. The van der Waals surface area contributed by atoms with Crippen LogP contribution in [0.5, 0.6) is 0 Å². The van der Waals surface area contributed by atoms with Gasteiger partial charge in [-0.2, -0.15) is 23.4 Å². The molecular weight excluding hydrogens is 405 g/mol. The van der Waals surface area contributed by atoms with Crippen LogP contribution in [0.2, 0.25) is 0 Å². The molecule has 0 spiro atoms. The maximum absolute atomic E-state index is 12.3. The number of carboxylic acid groups (broad SMARTS) is 1. The Morgan fingerprint density at radius 3 is 2.63 bits per heavy atom. The fourth-order valence-electron chi connectivity index (χ4n) is 4.16. The zero-order valence-corrected chi connectivity index (χ0v) is 16.4. The van der Waals surface area contributed by atoms with Crippen molar-refractivity contribution in [3.8, 4) is 0 Å². The van der Waals surface area contributed by atoms with Crippen LogP contribution in [0.1, 0.15) is 29.6 Å². The first kappa shape index (κ1) is 22.4. The number of carboxylic acids is 1. The number of hydrogen-bond acceptors (Lipinski definition) is 6. The van der Waals surface area contributed by atoms with E-state index in [1.807, 2.05) is 0 Å². The number of amides is 1. The third-order valence-corrected chi connectivity index (χ3v) is 6.02. The van der Waals surface area contributed by atoms with Gasteiger partial charge in [0.15, 0.2) is 0 Å². The first-order valence-corrected chi connectivity index (χ1v) is 9.85. The fourth-order valence-corrected chi connectivity index (χ4v) is 4.16. The lowest BCUT2D eigenvalue weighted by molar-refractivity contribution is -0.192. The number of likely N-dealkylation sites (tertiary alicyclic amines) is 1. The second kappa shape index (κ2) is 9.25. The van der Waals surface area contributed by atoms with E-state index in [0.29, 0.717) is 18.0 Å². The lowest BCUT2D eigenvalue weighted by atomic mass is 9.81. The zero-order valence-electron chi connectivity index (χ0n) is 16.4. The topological polar surface area (TPSA) is 105 Å². The minimum atomic E-state index is -5.08. The van der Waals surface area contributed by atoms with Crippen LogP contribution in [0.3, 0.4) is 0 Å². The first-order chi connectivity index (χ1) is 14.2. The molecule has 2 saturated heterocycles. The van der Waals surface area contributed by atoms with Crippen molar-refractivity contribution in [3.05, 3.63) is 24.0 Å². The van der Waals surface area contributed by atoms with Crippen LogP contribution in [0.15, 0.2) is 18.5 Å². The van der Waals surface area contributed by atoms with Gasteiger partial charge in [-0.1, -0.05) is 6.42 Å². The summed E-state index contributed by atoms with van der Waals surface area (Å²) in [6.07, 6.45) is 2.14. The molecule has 1 aromatic heterocycles. The van der Waals surface area contributed by atoms with Crippen LogP contribution in [0.25, 0.3) is 0 Å². The summed E-state index contributed by atoms with van der Waals surface area (Å²) in [5.41, 5.74) is 0.649. The second-order valence-corrected chi connectivity index (χ2v) is 8.18. The van der Waals surface area contributed by atoms with E-state index < -0.39 is 12.1 Å². The molecule has 4 rings (SSSR count). The minimum Gasteiger partial charge on any atom is -0.475 e. The van der Waals surface area contributed by atoms with Crippen molar-refractivity contribution in [2.24, 2.45) is 17.3 Å². The van der Waals surface area contributed by atoms with E-state index in [1.165, 1.54) is 32.0 Å². The van der Waals surface area contributed by atoms with Crippen molar-refractivity contribution in [1.82, 2.24) is 20.4 Å². The number of carbonyl (C=O) groups excluding carboxylic acids is 1. The number of nitrogens with zero attached hydrogens (tertiary/aromatic N) is 3. The van der Waals surface area contributed by atoms with Gasteiger partial charge in [0.2, 0.25) is 0 Å². The number of carbonyl (C=O) groups is 2. The summed E-state index contributed by atoms with van der Waals surface area (Å²) >= 11 is 0. The molecule has 1 aromatic rings. The highest BCUT2D eigenvalue weighted by atomic mass is 19.4. The number of hydrogen-bond donors (Lipinski definition) is 2. The molecule has 1 amide bonds. The Bertz CT molecular complexity index is 745. The Kier molecular flexibility index (Phi) is 6.91. The van der Waals surface area contributed by atoms with Gasteiger partial charge < -0.3 is 20.1 Å². The van der Waals surface area contributed by atoms with Crippen LogP contribution in [0.4, 0.5) is 13.2 Å². The normalized spacial score (nSPS) is 26.3. The van der Waals surface area contributed by atoms with Crippen molar-refractivity contribution >= 4 is 11.9 Å². The van der Waals surface area contributed by atoms with Crippen LogP contribution in [0, 0.1) is 17.3 Å². The van der Waals surface area contributed by atoms with Crippen molar-refractivity contribution in [1.29, 1.82) is 0 Å². The molecule has 0 aromatic carbocycles. The maximum atomic E-state index is 12.3. The van der Waals surface area contributed by atoms with Crippen molar-refractivity contribution < 1.29 is 32.6 Å². The number of alkyl halides is 3. The van der Waals surface area contributed by atoms with E-state index in [0.717, 1.165) is 32.2 Å². The first-order valence-electron chi connectivity index (χ1n) is 9.85. The number of aliphatic carboxylic acids is 1. The lowest BCUT2D eigenvalue weighted by Crippen LogP contribution is -2.43. The van der Waals surface area contributed by atoms with Gasteiger partial charge in [0, 0.05) is 37.5 Å². The van der Waals surface area contributed by atoms with E-state index in [4.69, 9.17) is 14.6 Å². The number of rotatable bonds is 5. The molecule has 0 radical (unpaired) electrons. The quantitative estimate of drug-likeness (QED) is 0.731. The second-order valence-electron chi connectivity index (χ2n) is 8.18. The summed E-state index contributed by atoms with van der Waals surface area (Å²) in [6, 6.07) is 1.69. The summed E-state index contributed by atoms with van der Waals surface area (Å²) in [7, 11) is 0. The molecule has 11 heteroatoms. The zero-order chi connectivity index (χ0) is 21.8. The van der Waals surface area contributed by atoms with Gasteiger partial charge in [0.1, 0.15) is 0 Å². The summed E-state index contributed by atoms with van der Waals surface area (Å²) < 4.78 is 37.5. The molecule has 2 atom stereocenters. The smallest absolute Gasteiger partial charge is 0.475 e. The van der Waals surface area contributed by atoms with Crippen LogP contribution in [-0.2, 0) is 9.53 Å². The molecule has 1 aliphatic carbocycles. The third-order valence-electron chi connectivity index (χ3n) is 6.02. The average molecular weight is 430 g/mol. The Hall–Kier alpha value is -2.27. The Morgan fingerprint density at radius 2 is 2.07 bits per heavy atom. The van der Waals surface area contributed by atoms with E-state index in [9.17, 15) is 18.0 Å². The number of halogens is 3. The average Bonchev–Trinajstić information content (AvgIpc) is 3.20. The van der Waals surface area contributed by atoms with Crippen LogP contribution in [-0.4, -0.2) is 77.6 Å². The lowest BCUT2D eigenvalue weighted by Gasteiger charge is -2.32. The van der Waals surface area contributed by atoms with Gasteiger partial charge in [-0.05, 0) is 24.8 Å². The predicted octanol–water partition coefficient (Wildman–Crippen LogP) is 1.59. The van der Waals surface area contributed by atoms with Gasteiger partial charge >= 0.3 is 12.1 Å². The molecule has 2 N–H and O–H groups in total. The van der Waals surface area contributed by atoms with Gasteiger partial charge in [-0.25, -0.2) is 4.79 Å². The van der Waals surface area contributed by atoms with Crippen LogP contribution < -0.4 is 5.32 Å². The standard InChI is InChI=1S/C17H24N4O2.C2HF3O2/c22-16(14-4-5-19-20-6-14)18-10-17-11-21(7-13-2-1-3-13)8-15(17)9-23-12-17;3-2(4,5)1(6)7/h4-6,13,15H,1-3,7-12H2,(H,18,22);(H,6,7)/t15-,17+;/m1./s1. The van der Waals surface area contributed by atoms with Crippen LogP contribution >= 0.6 is 0 Å². The van der Waals surface area contributed by atoms with Crippen molar-refractivity contribution in [3.63, 3.8) is 0 Å². The largest absolute Gasteiger partial charge is 0.490 e. The number of nitrogens with one attached hydrogen (secondary N) is 1. The molecule has 30 heavy (non-hydrogen) atoms. The number of aromatic nitrogens is 2.